The molecule has 1 aliphatic rings. The lowest BCUT2D eigenvalue weighted by molar-refractivity contribution is 0.0916. The van der Waals surface area contributed by atoms with Gasteiger partial charge < -0.3 is 9.88 Å². The van der Waals surface area contributed by atoms with Gasteiger partial charge in [-0.25, -0.2) is 12.7 Å². The molecule has 3 rings (SSSR count). The summed E-state index contributed by atoms with van der Waals surface area (Å²) in [6.45, 7) is 0.914. The first-order chi connectivity index (χ1) is 10.9. The normalized spacial score (nSPS) is 17.5. The van der Waals surface area contributed by atoms with Crippen LogP contribution >= 0.6 is 0 Å². The van der Waals surface area contributed by atoms with E-state index in [1.807, 2.05) is 41.9 Å². The molecule has 0 aliphatic carbocycles. The number of hydrogen-bond acceptors (Lipinski definition) is 3. The maximum atomic E-state index is 12.5. The highest BCUT2D eigenvalue weighted by molar-refractivity contribution is 7.88. The first-order valence-electron chi connectivity index (χ1n) is 7.67. The van der Waals surface area contributed by atoms with Crippen LogP contribution in [-0.2, 0) is 17.1 Å². The van der Waals surface area contributed by atoms with Crippen LogP contribution < -0.4 is 5.32 Å². The van der Waals surface area contributed by atoms with Crippen molar-refractivity contribution in [3.05, 3.63) is 36.0 Å². The molecule has 0 spiro atoms. The molecular weight excluding hydrogens is 314 g/mol. The van der Waals surface area contributed by atoms with Crippen LogP contribution in [0.2, 0.25) is 0 Å². The van der Waals surface area contributed by atoms with E-state index >= 15 is 0 Å². The zero-order valence-electron chi connectivity index (χ0n) is 13.3. The maximum Gasteiger partial charge on any atom is 0.268 e. The molecule has 0 unspecified atom stereocenters. The molecular formula is C16H21N3O3S. The molecule has 0 radical (unpaired) electrons. The van der Waals surface area contributed by atoms with Crippen molar-refractivity contribution in [2.24, 2.45) is 7.05 Å². The van der Waals surface area contributed by atoms with E-state index in [9.17, 15) is 13.2 Å². The Bertz CT molecular complexity index is 833. The molecule has 1 aromatic heterocycles. The van der Waals surface area contributed by atoms with E-state index in [-0.39, 0.29) is 11.9 Å². The number of amides is 1. The van der Waals surface area contributed by atoms with Gasteiger partial charge in [-0.2, -0.15) is 0 Å². The summed E-state index contributed by atoms with van der Waals surface area (Å²) >= 11 is 0. The minimum absolute atomic E-state index is 0.0125. The Hall–Kier alpha value is -1.86. The Morgan fingerprint density at radius 1 is 1.22 bits per heavy atom. The zero-order valence-corrected chi connectivity index (χ0v) is 14.1. The average Bonchev–Trinajstić information content (AvgIpc) is 2.85. The Kier molecular flexibility index (Phi) is 4.16. The number of fused-ring (bicyclic) bond motifs is 1. The van der Waals surface area contributed by atoms with Gasteiger partial charge in [0.05, 0.1) is 6.26 Å². The summed E-state index contributed by atoms with van der Waals surface area (Å²) in [4.78, 5) is 12.5. The maximum absolute atomic E-state index is 12.5. The van der Waals surface area contributed by atoms with E-state index in [0.29, 0.717) is 31.6 Å². The van der Waals surface area contributed by atoms with E-state index in [1.165, 1.54) is 10.6 Å². The molecule has 0 bridgehead atoms. The van der Waals surface area contributed by atoms with Gasteiger partial charge in [-0.1, -0.05) is 18.2 Å². The lowest BCUT2D eigenvalue weighted by Crippen LogP contribution is -2.46. The fourth-order valence-electron chi connectivity index (χ4n) is 3.10. The van der Waals surface area contributed by atoms with E-state index in [0.717, 1.165) is 10.9 Å². The molecule has 1 aliphatic heterocycles. The number of carbonyl (C=O) groups is 1. The number of para-hydroxylation sites is 1. The molecule has 1 fully saturated rings. The minimum Gasteiger partial charge on any atom is -0.348 e. The summed E-state index contributed by atoms with van der Waals surface area (Å²) in [5.74, 6) is -0.110. The fraction of sp³-hybridized carbons (Fsp3) is 0.438. The van der Waals surface area contributed by atoms with Crippen molar-refractivity contribution >= 4 is 26.8 Å². The number of aryl methyl sites for hydroxylation is 1. The van der Waals surface area contributed by atoms with E-state index in [2.05, 4.69) is 5.32 Å². The molecule has 23 heavy (non-hydrogen) atoms. The standard InChI is InChI=1S/C16H21N3O3S/c1-18-14-6-4-3-5-12(14)11-15(18)16(20)17-13-7-9-19(10-8-13)23(2,21)22/h3-6,11,13H,7-10H2,1-2H3,(H,17,20). The summed E-state index contributed by atoms with van der Waals surface area (Å²) in [5.41, 5.74) is 1.64. The van der Waals surface area contributed by atoms with Crippen LogP contribution in [0.1, 0.15) is 23.3 Å². The van der Waals surface area contributed by atoms with Crippen molar-refractivity contribution in [2.75, 3.05) is 19.3 Å². The van der Waals surface area contributed by atoms with Crippen LogP contribution in [0, 0.1) is 0 Å². The Morgan fingerprint density at radius 2 is 1.87 bits per heavy atom. The second-order valence-electron chi connectivity index (χ2n) is 6.06. The van der Waals surface area contributed by atoms with Crippen molar-refractivity contribution in [3.63, 3.8) is 0 Å². The van der Waals surface area contributed by atoms with Gasteiger partial charge >= 0.3 is 0 Å². The van der Waals surface area contributed by atoms with Gasteiger partial charge in [-0.05, 0) is 25.0 Å². The van der Waals surface area contributed by atoms with Gasteiger partial charge in [-0.3, -0.25) is 4.79 Å². The van der Waals surface area contributed by atoms with Gasteiger partial charge in [0, 0.05) is 37.1 Å². The second kappa shape index (κ2) is 5.98. The Labute approximate surface area is 136 Å². The molecule has 1 amide bonds. The van der Waals surface area contributed by atoms with E-state index < -0.39 is 10.0 Å². The summed E-state index contributed by atoms with van der Waals surface area (Å²) in [5, 5.41) is 4.06. The molecule has 124 valence electrons. The SMILES string of the molecule is Cn1c(C(=O)NC2CCN(S(C)(=O)=O)CC2)cc2ccccc21. The van der Waals surface area contributed by atoms with Crippen molar-refractivity contribution in [3.8, 4) is 0 Å². The first-order valence-corrected chi connectivity index (χ1v) is 9.51. The van der Waals surface area contributed by atoms with Gasteiger partial charge in [0.2, 0.25) is 10.0 Å². The molecule has 0 atom stereocenters. The van der Waals surface area contributed by atoms with E-state index in [4.69, 9.17) is 0 Å². The Morgan fingerprint density at radius 3 is 2.48 bits per heavy atom. The predicted octanol–water partition coefficient (Wildman–Crippen LogP) is 1.33. The third kappa shape index (κ3) is 3.25. The van der Waals surface area contributed by atoms with Gasteiger partial charge in [0.25, 0.3) is 5.91 Å². The summed E-state index contributed by atoms with van der Waals surface area (Å²) in [6, 6.07) is 9.76. The zero-order chi connectivity index (χ0) is 16.6. The van der Waals surface area contributed by atoms with Crippen LogP contribution in [0.5, 0.6) is 0 Å². The molecule has 7 heteroatoms. The molecule has 2 heterocycles. The number of hydrogen-bond donors (Lipinski definition) is 1. The van der Waals surface area contributed by atoms with Crippen LogP contribution in [0.15, 0.2) is 30.3 Å². The van der Waals surface area contributed by atoms with Crippen molar-refractivity contribution in [1.82, 2.24) is 14.2 Å². The quantitative estimate of drug-likeness (QED) is 0.920. The molecule has 6 nitrogen and oxygen atoms in total. The Balaban J connectivity index is 1.69. The number of rotatable bonds is 3. The van der Waals surface area contributed by atoms with Crippen LogP contribution in [0.25, 0.3) is 10.9 Å². The van der Waals surface area contributed by atoms with Gasteiger partial charge in [-0.15, -0.1) is 0 Å². The second-order valence-corrected chi connectivity index (χ2v) is 8.04. The van der Waals surface area contributed by atoms with Crippen molar-refractivity contribution in [1.29, 1.82) is 0 Å². The lowest BCUT2D eigenvalue weighted by Gasteiger charge is -2.30. The third-order valence-corrected chi connectivity index (χ3v) is 5.75. The average molecular weight is 335 g/mol. The molecule has 1 saturated heterocycles. The molecule has 1 aromatic carbocycles. The number of nitrogens with one attached hydrogen (secondary N) is 1. The van der Waals surface area contributed by atoms with Crippen LogP contribution in [-0.4, -0.2) is 48.6 Å². The van der Waals surface area contributed by atoms with Crippen molar-refractivity contribution < 1.29 is 13.2 Å². The molecule has 2 aromatic rings. The number of nitrogens with zero attached hydrogens (tertiary/aromatic N) is 2. The largest absolute Gasteiger partial charge is 0.348 e. The highest BCUT2D eigenvalue weighted by Gasteiger charge is 2.26. The summed E-state index contributed by atoms with van der Waals surface area (Å²) in [7, 11) is -1.26. The molecule has 0 saturated carbocycles. The number of piperidine rings is 1. The number of carbonyl (C=O) groups excluding carboxylic acids is 1. The van der Waals surface area contributed by atoms with Gasteiger partial charge in [0.1, 0.15) is 5.69 Å². The topological polar surface area (TPSA) is 71.4 Å². The van der Waals surface area contributed by atoms with Gasteiger partial charge in [0.15, 0.2) is 0 Å². The number of aromatic nitrogens is 1. The third-order valence-electron chi connectivity index (χ3n) is 4.44. The van der Waals surface area contributed by atoms with E-state index in [1.54, 1.807) is 0 Å². The smallest absolute Gasteiger partial charge is 0.268 e. The number of benzene rings is 1. The molecule has 1 N–H and O–H groups in total. The minimum atomic E-state index is -3.14. The van der Waals surface area contributed by atoms with Crippen LogP contribution in [0.3, 0.4) is 0 Å². The monoisotopic (exact) mass is 335 g/mol. The lowest BCUT2D eigenvalue weighted by atomic mass is 10.1. The highest BCUT2D eigenvalue weighted by atomic mass is 32.2. The number of sulfonamides is 1. The fourth-order valence-corrected chi connectivity index (χ4v) is 3.97. The summed E-state index contributed by atoms with van der Waals surface area (Å²) < 4.78 is 26.4. The first kappa shape index (κ1) is 16.0. The highest BCUT2D eigenvalue weighted by Crippen LogP contribution is 2.19. The predicted molar refractivity (Wildman–Crippen MR) is 89.8 cm³/mol. The van der Waals surface area contributed by atoms with Crippen LogP contribution in [0.4, 0.5) is 0 Å². The van der Waals surface area contributed by atoms with Crippen molar-refractivity contribution in [2.45, 2.75) is 18.9 Å². The summed E-state index contributed by atoms with van der Waals surface area (Å²) in [6.07, 6.45) is 2.51.